The number of nitrogens with one attached hydrogen (secondary N) is 1. The number of amides is 2. The van der Waals surface area contributed by atoms with E-state index < -0.39 is 28.5 Å². The highest BCUT2D eigenvalue weighted by molar-refractivity contribution is 7.92. The van der Waals surface area contributed by atoms with E-state index in [4.69, 9.17) is 11.6 Å². The van der Waals surface area contributed by atoms with Crippen molar-refractivity contribution >= 4 is 39.1 Å². The molecular formula is C30H36ClN3O4S. The lowest BCUT2D eigenvalue weighted by Gasteiger charge is -2.34. The molecule has 7 nitrogen and oxygen atoms in total. The number of rotatable bonds is 12. The van der Waals surface area contributed by atoms with E-state index in [1.807, 2.05) is 58.0 Å². The fraction of sp³-hybridized carbons (Fsp3) is 0.333. The Balaban J connectivity index is 2.05. The second-order valence-corrected chi connectivity index (χ2v) is 11.8. The summed E-state index contributed by atoms with van der Waals surface area (Å²) in [7, 11) is -4.17. The summed E-state index contributed by atoms with van der Waals surface area (Å²) < 4.78 is 28.8. The van der Waals surface area contributed by atoms with Gasteiger partial charge in [0, 0.05) is 12.6 Å². The van der Waals surface area contributed by atoms with Gasteiger partial charge in [0.1, 0.15) is 12.6 Å². The molecule has 0 saturated carbocycles. The molecule has 1 N–H and O–H groups in total. The summed E-state index contributed by atoms with van der Waals surface area (Å²) in [5, 5.41) is 3.16. The SMILES string of the molecule is CC[C@H](C)NC(=O)[C@H](CC)N(Cc1ccccc1)C(=O)CN(c1ccccc1Cl)S(=O)(=O)c1ccc(C)cc1. The molecule has 0 radical (unpaired) electrons. The lowest BCUT2D eigenvalue weighted by atomic mass is 10.1. The average Bonchev–Trinajstić information content (AvgIpc) is 2.92. The topological polar surface area (TPSA) is 86.8 Å². The maximum atomic E-state index is 14.0. The Morgan fingerprint density at radius 3 is 2.10 bits per heavy atom. The second-order valence-electron chi connectivity index (χ2n) is 9.53. The number of para-hydroxylation sites is 1. The standard InChI is InChI=1S/C30H36ClN3O4S/c1-5-23(4)32-30(36)27(6-2)33(20-24-12-8-7-9-13-24)29(35)21-34(28-15-11-10-14-26(28)31)39(37,38)25-18-16-22(3)17-19-25/h7-19,23,27H,5-6,20-21H2,1-4H3,(H,32,36)/t23-,27-/m0/s1. The van der Waals surface area contributed by atoms with Gasteiger partial charge < -0.3 is 10.2 Å². The Morgan fingerprint density at radius 2 is 1.51 bits per heavy atom. The van der Waals surface area contributed by atoms with Crippen LogP contribution in [0, 0.1) is 6.92 Å². The number of carbonyl (C=O) groups excluding carboxylic acids is 2. The van der Waals surface area contributed by atoms with Crippen LogP contribution >= 0.6 is 11.6 Å². The molecule has 3 aromatic carbocycles. The number of nitrogens with zero attached hydrogens (tertiary/aromatic N) is 2. The van der Waals surface area contributed by atoms with Crippen LogP contribution in [0.15, 0.2) is 83.8 Å². The summed E-state index contributed by atoms with van der Waals surface area (Å²) in [4.78, 5) is 28.8. The number of benzene rings is 3. The number of sulfonamides is 1. The number of hydrogen-bond acceptors (Lipinski definition) is 4. The zero-order valence-electron chi connectivity index (χ0n) is 22.8. The van der Waals surface area contributed by atoms with Crippen molar-refractivity contribution in [3.05, 3.63) is 95.0 Å². The molecule has 0 aliphatic heterocycles. The van der Waals surface area contributed by atoms with Crippen LogP contribution in [-0.2, 0) is 26.2 Å². The van der Waals surface area contributed by atoms with Crippen LogP contribution in [0.3, 0.4) is 0 Å². The van der Waals surface area contributed by atoms with Crippen LogP contribution in [0.25, 0.3) is 0 Å². The molecule has 0 spiro atoms. The predicted octanol–water partition coefficient (Wildman–Crippen LogP) is 5.57. The molecule has 0 aromatic heterocycles. The molecule has 0 heterocycles. The van der Waals surface area contributed by atoms with E-state index in [-0.39, 0.29) is 34.1 Å². The minimum absolute atomic E-state index is 0.0389. The zero-order chi connectivity index (χ0) is 28.6. The third-order valence-electron chi connectivity index (χ3n) is 6.59. The molecule has 0 unspecified atom stereocenters. The molecule has 0 fully saturated rings. The first kappa shape index (κ1) is 30.2. The third-order valence-corrected chi connectivity index (χ3v) is 8.69. The van der Waals surface area contributed by atoms with Crippen molar-refractivity contribution in [2.24, 2.45) is 0 Å². The molecule has 2 amide bonds. The van der Waals surface area contributed by atoms with E-state index in [1.165, 1.54) is 17.0 Å². The van der Waals surface area contributed by atoms with Gasteiger partial charge in [-0.05, 0) is 56.5 Å². The number of aryl methyl sites for hydroxylation is 1. The van der Waals surface area contributed by atoms with Gasteiger partial charge >= 0.3 is 0 Å². The maximum absolute atomic E-state index is 14.0. The lowest BCUT2D eigenvalue weighted by molar-refractivity contribution is -0.140. The lowest BCUT2D eigenvalue weighted by Crippen LogP contribution is -2.53. The van der Waals surface area contributed by atoms with Gasteiger partial charge in [0.15, 0.2) is 0 Å². The monoisotopic (exact) mass is 569 g/mol. The number of carbonyl (C=O) groups is 2. The first-order chi connectivity index (χ1) is 18.6. The molecule has 0 saturated heterocycles. The summed E-state index contributed by atoms with van der Waals surface area (Å²) in [5.74, 6) is -0.789. The first-order valence-corrected chi connectivity index (χ1v) is 14.9. The predicted molar refractivity (Wildman–Crippen MR) is 156 cm³/mol. The molecule has 0 aliphatic carbocycles. The third kappa shape index (κ3) is 7.61. The van der Waals surface area contributed by atoms with E-state index in [0.29, 0.717) is 6.42 Å². The van der Waals surface area contributed by atoms with E-state index in [9.17, 15) is 18.0 Å². The second kappa shape index (κ2) is 13.6. The van der Waals surface area contributed by atoms with Gasteiger partial charge in [-0.25, -0.2) is 8.42 Å². The molecule has 0 bridgehead atoms. The van der Waals surface area contributed by atoms with Crippen LogP contribution in [0.2, 0.25) is 5.02 Å². The van der Waals surface area contributed by atoms with E-state index in [0.717, 1.165) is 21.9 Å². The fourth-order valence-electron chi connectivity index (χ4n) is 4.15. The molecule has 0 aliphatic rings. The van der Waals surface area contributed by atoms with Crippen molar-refractivity contribution in [3.63, 3.8) is 0 Å². The molecular weight excluding hydrogens is 534 g/mol. The van der Waals surface area contributed by atoms with Crippen LogP contribution < -0.4 is 9.62 Å². The average molecular weight is 570 g/mol. The van der Waals surface area contributed by atoms with Gasteiger partial charge in [0.2, 0.25) is 11.8 Å². The van der Waals surface area contributed by atoms with E-state index >= 15 is 0 Å². The van der Waals surface area contributed by atoms with Crippen molar-refractivity contribution in [1.29, 1.82) is 0 Å². The normalized spacial score (nSPS) is 12.8. The van der Waals surface area contributed by atoms with Gasteiger partial charge in [0.25, 0.3) is 10.0 Å². The first-order valence-electron chi connectivity index (χ1n) is 13.1. The van der Waals surface area contributed by atoms with Crippen molar-refractivity contribution < 1.29 is 18.0 Å². The minimum atomic E-state index is -4.17. The number of anilines is 1. The molecule has 9 heteroatoms. The summed E-state index contributed by atoms with van der Waals surface area (Å²) in [6.07, 6.45) is 1.10. The van der Waals surface area contributed by atoms with E-state index in [1.54, 1.807) is 36.4 Å². The highest BCUT2D eigenvalue weighted by Crippen LogP contribution is 2.31. The van der Waals surface area contributed by atoms with Gasteiger partial charge in [-0.15, -0.1) is 0 Å². The highest BCUT2D eigenvalue weighted by Gasteiger charge is 2.34. The maximum Gasteiger partial charge on any atom is 0.264 e. The Hall–Kier alpha value is -3.36. The van der Waals surface area contributed by atoms with Crippen molar-refractivity contribution in [2.75, 3.05) is 10.8 Å². The molecule has 3 rings (SSSR count). The Labute approximate surface area is 236 Å². The Morgan fingerprint density at radius 1 is 0.897 bits per heavy atom. The van der Waals surface area contributed by atoms with Crippen molar-refractivity contribution in [2.45, 2.75) is 64.1 Å². The minimum Gasteiger partial charge on any atom is -0.352 e. The molecule has 39 heavy (non-hydrogen) atoms. The quantitative estimate of drug-likeness (QED) is 0.309. The highest BCUT2D eigenvalue weighted by atomic mass is 35.5. The molecule has 2 atom stereocenters. The van der Waals surface area contributed by atoms with E-state index in [2.05, 4.69) is 5.32 Å². The molecule has 3 aromatic rings. The fourth-order valence-corrected chi connectivity index (χ4v) is 5.87. The molecule has 208 valence electrons. The Kier molecular flexibility index (Phi) is 10.5. The summed E-state index contributed by atoms with van der Waals surface area (Å²) in [6, 6.07) is 21.4. The van der Waals surface area contributed by atoms with Crippen LogP contribution in [-0.4, -0.2) is 43.8 Å². The van der Waals surface area contributed by atoms with Crippen molar-refractivity contribution in [3.8, 4) is 0 Å². The summed E-state index contributed by atoms with van der Waals surface area (Å²) in [6.45, 7) is 7.19. The van der Waals surface area contributed by atoms with Gasteiger partial charge in [-0.1, -0.05) is 85.6 Å². The van der Waals surface area contributed by atoms with Gasteiger partial charge in [0.05, 0.1) is 15.6 Å². The summed E-state index contributed by atoms with van der Waals surface area (Å²) >= 11 is 6.45. The zero-order valence-corrected chi connectivity index (χ0v) is 24.4. The smallest absolute Gasteiger partial charge is 0.264 e. The van der Waals surface area contributed by atoms with Gasteiger partial charge in [-0.3, -0.25) is 13.9 Å². The van der Waals surface area contributed by atoms with Crippen molar-refractivity contribution in [1.82, 2.24) is 10.2 Å². The van der Waals surface area contributed by atoms with Crippen LogP contribution in [0.4, 0.5) is 5.69 Å². The summed E-state index contributed by atoms with van der Waals surface area (Å²) in [5.41, 5.74) is 1.91. The largest absolute Gasteiger partial charge is 0.352 e. The van der Waals surface area contributed by atoms with Crippen LogP contribution in [0.1, 0.15) is 44.7 Å². The van der Waals surface area contributed by atoms with Gasteiger partial charge in [-0.2, -0.15) is 0 Å². The van der Waals surface area contributed by atoms with Crippen LogP contribution in [0.5, 0.6) is 0 Å². The number of halogens is 1. The number of hydrogen-bond donors (Lipinski definition) is 1. The Bertz CT molecular complexity index is 1360.